The zero-order valence-electron chi connectivity index (χ0n) is 24.4. The third-order valence-electron chi connectivity index (χ3n) is 7.75. The first kappa shape index (κ1) is 29.1. The molecule has 0 aliphatic carbocycles. The molecule has 0 unspecified atom stereocenters. The standard InChI is InChI=1S/C37H20O10/c1-19-16-21(10-15-31(19)45-33(39)23-9-14-28-30(18-23)37(43)47-35(28)41)26-5-3-2-4-25(26)20-6-11-24(12-7-20)44-32(38)22-8-13-27-29(17-22)36(42)46-34(27)40/h2-18H,1H3. The second-order valence-corrected chi connectivity index (χ2v) is 10.7. The van der Waals surface area contributed by atoms with Crippen LogP contribution in [0.15, 0.2) is 103 Å². The molecule has 0 fully saturated rings. The van der Waals surface area contributed by atoms with Crippen LogP contribution in [0.1, 0.15) is 67.7 Å². The Kier molecular flexibility index (Phi) is 7.02. The summed E-state index contributed by atoms with van der Waals surface area (Å²) in [5.74, 6) is -3.90. The van der Waals surface area contributed by atoms with Gasteiger partial charge < -0.3 is 18.9 Å². The Morgan fingerprint density at radius 3 is 1.53 bits per heavy atom. The van der Waals surface area contributed by atoms with Gasteiger partial charge in [0.2, 0.25) is 0 Å². The van der Waals surface area contributed by atoms with Crippen molar-refractivity contribution in [3.8, 4) is 33.8 Å². The maximum absolute atomic E-state index is 12.9. The maximum atomic E-state index is 12.9. The molecule has 5 aromatic rings. The molecule has 228 valence electrons. The maximum Gasteiger partial charge on any atom is 0.346 e. The summed E-state index contributed by atoms with van der Waals surface area (Å²) in [6, 6.07) is 28.1. The average molecular weight is 625 g/mol. The largest absolute Gasteiger partial charge is 0.423 e. The number of aryl methyl sites for hydroxylation is 1. The van der Waals surface area contributed by atoms with Gasteiger partial charge >= 0.3 is 35.8 Å². The van der Waals surface area contributed by atoms with E-state index in [2.05, 4.69) is 9.47 Å². The number of esters is 6. The monoisotopic (exact) mass is 624 g/mol. The van der Waals surface area contributed by atoms with Crippen LogP contribution in [0.25, 0.3) is 22.3 Å². The van der Waals surface area contributed by atoms with Gasteiger partial charge in [-0.15, -0.1) is 0 Å². The summed E-state index contributed by atoms with van der Waals surface area (Å²) in [6.45, 7) is 1.80. The summed E-state index contributed by atoms with van der Waals surface area (Å²) in [4.78, 5) is 72.8. The number of carbonyl (C=O) groups is 6. The van der Waals surface area contributed by atoms with E-state index in [0.717, 1.165) is 22.3 Å². The van der Waals surface area contributed by atoms with Gasteiger partial charge in [0, 0.05) is 0 Å². The van der Waals surface area contributed by atoms with Gasteiger partial charge in [0.1, 0.15) is 11.5 Å². The molecule has 2 heterocycles. The summed E-state index contributed by atoms with van der Waals surface area (Å²) in [7, 11) is 0. The van der Waals surface area contributed by atoms with Crippen molar-refractivity contribution in [3.63, 3.8) is 0 Å². The molecule has 0 aromatic heterocycles. The number of rotatable bonds is 6. The normalized spacial score (nSPS) is 13.0. The third kappa shape index (κ3) is 5.33. The quantitative estimate of drug-likeness (QED) is 0.119. The number of hydrogen-bond acceptors (Lipinski definition) is 10. The summed E-state index contributed by atoms with van der Waals surface area (Å²) in [5.41, 5.74) is 4.64. The summed E-state index contributed by atoms with van der Waals surface area (Å²) in [6.07, 6.45) is 0. The van der Waals surface area contributed by atoms with E-state index in [1.165, 1.54) is 36.4 Å². The van der Waals surface area contributed by atoms with Crippen molar-refractivity contribution in [2.24, 2.45) is 0 Å². The minimum Gasteiger partial charge on any atom is -0.423 e. The van der Waals surface area contributed by atoms with Crippen LogP contribution in [0.2, 0.25) is 0 Å². The van der Waals surface area contributed by atoms with Crippen LogP contribution in [0.5, 0.6) is 11.5 Å². The molecule has 7 rings (SSSR count). The number of benzene rings is 5. The van der Waals surface area contributed by atoms with Crippen molar-refractivity contribution in [3.05, 3.63) is 142 Å². The van der Waals surface area contributed by atoms with Crippen molar-refractivity contribution < 1.29 is 47.7 Å². The van der Waals surface area contributed by atoms with Gasteiger partial charge in [0.05, 0.1) is 33.4 Å². The molecule has 10 heteroatoms. The lowest BCUT2D eigenvalue weighted by Gasteiger charge is -2.13. The van der Waals surface area contributed by atoms with E-state index in [1.54, 1.807) is 25.1 Å². The fraction of sp³-hybridized carbons (Fsp3) is 0.0270. The second kappa shape index (κ2) is 11.4. The van der Waals surface area contributed by atoms with Crippen molar-refractivity contribution in [1.82, 2.24) is 0 Å². The molecule has 47 heavy (non-hydrogen) atoms. The first-order valence-electron chi connectivity index (χ1n) is 14.2. The van der Waals surface area contributed by atoms with Crippen molar-refractivity contribution in [1.29, 1.82) is 0 Å². The van der Waals surface area contributed by atoms with Crippen LogP contribution in [0.4, 0.5) is 0 Å². The lowest BCUT2D eigenvalue weighted by atomic mass is 9.93. The van der Waals surface area contributed by atoms with E-state index < -0.39 is 35.8 Å². The van der Waals surface area contributed by atoms with E-state index >= 15 is 0 Å². The fourth-order valence-electron chi connectivity index (χ4n) is 5.37. The SMILES string of the molecule is Cc1cc(-c2ccccc2-c2ccc(OC(=O)c3ccc4c(c3)C(=O)OC4=O)cc2)ccc1OC(=O)c1ccc2c(c1)C(=O)OC2=O. The van der Waals surface area contributed by atoms with Gasteiger partial charge in [-0.3, -0.25) is 0 Å². The van der Waals surface area contributed by atoms with Crippen LogP contribution >= 0.6 is 0 Å². The third-order valence-corrected chi connectivity index (χ3v) is 7.75. The van der Waals surface area contributed by atoms with Crippen LogP contribution in [-0.2, 0) is 9.47 Å². The summed E-state index contributed by atoms with van der Waals surface area (Å²) in [5, 5.41) is 0. The van der Waals surface area contributed by atoms with Crippen molar-refractivity contribution in [2.75, 3.05) is 0 Å². The van der Waals surface area contributed by atoms with E-state index in [-0.39, 0.29) is 39.1 Å². The number of ether oxygens (including phenoxy) is 4. The van der Waals surface area contributed by atoms with Gasteiger partial charge in [-0.05, 0) is 95.4 Å². The molecule has 0 saturated carbocycles. The molecule has 0 radical (unpaired) electrons. The first-order chi connectivity index (χ1) is 22.7. The van der Waals surface area contributed by atoms with E-state index in [0.29, 0.717) is 11.3 Å². The topological polar surface area (TPSA) is 139 Å². The average Bonchev–Trinajstić information content (AvgIpc) is 3.53. The smallest absolute Gasteiger partial charge is 0.346 e. The van der Waals surface area contributed by atoms with Crippen molar-refractivity contribution >= 4 is 35.8 Å². The molecule has 10 nitrogen and oxygen atoms in total. The molecule has 2 aliphatic heterocycles. The van der Waals surface area contributed by atoms with Gasteiger partial charge in [-0.1, -0.05) is 42.5 Å². The molecule has 0 atom stereocenters. The van der Waals surface area contributed by atoms with E-state index in [9.17, 15) is 28.8 Å². The van der Waals surface area contributed by atoms with Gasteiger partial charge in [-0.2, -0.15) is 0 Å². The van der Waals surface area contributed by atoms with Gasteiger partial charge in [0.15, 0.2) is 0 Å². The Morgan fingerprint density at radius 2 is 0.979 bits per heavy atom. The van der Waals surface area contributed by atoms with E-state index in [4.69, 9.17) is 9.47 Å². The fourth-order valence-corrected chi connectivity index (χ4v) is 5.37. The Hall–Kier alpha value is -6.68. The highest BCUT2D eigenvalue weighted by Crippen LogP contribution is 2.35. The van der Waals surface area contributed by atoms with Gasteiger partial charge in [0.25, 0.3) is 0 Å². The predicted octanol–water partition coefficient (Wildman–Crippen LogP) is 6.39. The van der Waals surface area contributed by atoms with Crippen LogP contribution in [-0.4, -0.2) is 35.8 Å². The number of hydrogen-bond donors (Lipinski definition) is 0. The molecule has 0 amide bonds. The minimum atomic E-state index is -0.808. The predicted molar refractivity (Wildman–Crippen MR) is 164 cm³/mol. The lowest BCUT2D eigenvalue weighted by Crippen LogP contribution is -2.10. The van der Waals surface area contributed by atoms with Crippen LogP contribution in [0, 0.1) is 6.92 Å². The molecule has 0 bridgehead atoms. The molecular formula is C37H20O10. The molecule has 2 aliphatic rings. The summed E-state index contributed by atoms with van der Waals surface area (Å²) >= 11 is 0. The van der Waals surface area contributed by atoms with Crippen LogP contribution < -0.4 is 9.47 Å². The molecule has 0 spiro atoms. The Balaban J connectivity index is 1.08. The summed E-state index contributed by atoms with van der Waals surface area (Å²) < 4.78 is 20.3. The Morgan fingerprint density at radius 1 is 0.489 bits per heavy atom. The van der Waals surface area contributed by atoms with Crippen LogP contribution in [0.3, 0.4) is 0 Å². The highest BCUT2D eigenvalue weighted by Gasteiger charge is 2.32. The highest BCUT2D eigenvalue weighted by molar-refractivity contribution is 6.16. The minimum absolute atomic E-state index is 0.0175. The zero-order valence-corrected chi connectivity index (χ0v) is 24.4. The number of cyclic esters (lactones) is 4. The number of fused-ring (bicyclic) bond motifs is 2. The van der Waals surface area contributed by atoms with Crippen molar-refractivity contribution in [2.45, 2.75) is 6.92 Å². The van der Waals surface area contributed by atoms with E-state index in [1.807, 2.05) is 48.5 Å². The van der Waals surface area contributed by atoms with Gasteiger partial charge in [-0.25, -0.2) is 28.8 Å². The zero-order chi connectivity index (χ0) is 32.8. The second-order valence-electron chi connectivity index (χ2n) is 10.7. The Labute approximate surface area is 266 Å². The highest BCUT2D eigenvalue weighted by atomic mass is 16.6. The lowest BCUT2D eigenvalue weighted by molar-refractivity contribution is 0.0425. The Bertz CT molecular complexity index is 2210. The number of carbonyl (C=O) groups excluding carboxylic acids is 6. The molecule has 5 aromatic carbocycles. The molecule has 0 saturated heterocycles. The molecule has 0 N–H and O–H groups in total. The molecular weight excluding hydrogens is 604 g/mol. The first-order valence-corrected chi connectivity index (χ1v) is 14.2.